The van der Waals surface area contributed by atoms with Crippen LogP contribution in [-0.4, -0.2) is 44.2 Å². The van der Waals surface area contributed by atoms with Crippen molar-refractivity contribution in [1.82, 2.24) is 10.2 Å². The summed E-state index contributed by atoms with van der Waals surface area (Å²) in [6.45, 7) is 6.27. The zero-order valence-electron chi connectivity index (χ0n) is 13.0. The van der Waals surface area contributed by atoms with Gasteiger partial charge in [-0.2, -0.15) is 0 Å². The van der Waals surface area contributed by atoms with Gasteiger partial charge in [-0.3, -0.25) is 4.90 Å². The summed E-state index contributed by atoms with van der Waals surface area (Å²) in [5, 5.41) is 3.42. The van der Waals surface area contributed by atoms with Crippen LogP contribution in [0.1, 0.15) is 6.42 Å². The summed E-state index contributed by atoms with van der Waals surface area (Å²) in [5.74, 6) is 0.952. The first-order valence-corrected chi connectivity index (χ1v) is 8.13. The van der Waals surface area contributed by atoms with E-state index in [-0.39, 0.29) is 0 Å². The van der Waals surface area contributed by atoms with Gasteiger partial charge in [-0.1, -0.05) is 42.5 Å². The van der Waals surface area contributed by atoms with E-state index in [1.807, 2.05) is 6.07 Å². The molecule has 0 amide bonds. The van der Waals surface area contributed by atoms with E-state index in [0.29, 0.717) is 0 Å². The summed E-state index contributed by atoms with van der Waals surface area (Å²) < 4.78 is 5.88. The number of ether oxygens (including phenoxy) is 1. The fraction of sp³-hybridized carbons (Fsp3) is 0.368. The van der Waals surface area contributed by atoms with Gasteiger partial charge in [-0.25, -0.2) is 0 Å². The molecule has 0 aliphatic carbocycles. The Labute approximate surface area is 132 Å². The van der Waals surface area contributed by atoms with Gasteiger partial charge < -0.3 is 10.1 Å². The van der Waals surface area contributed by atoms with E-state index >= 15 is 0 Å². The molecule has 1 saturated heterocycles. The molecule has 3 rings (SSSR count). The molecule has 0 atom stereocenters. The topological polar surface area (TPSA) is 24.5 Å². The molecule has 0 saturated carbocycles. The van der Waals surface area contributed by atoms with Crippen LogP contribution in [-0.2, 0) is 0 Å². The first-order chi connectivity index (χ1) is 10.9. The van der Waals surface area contributed by atoms with Crippen LogP contribution in [0.25, 0.3) is 11.1 Å². The molecule has 0 aromatic heterocycles. The van der Waals surface area contributed by atoms with Crippen molar-refractivity contribution in [1.29, 1.82) is 0 Å². The van der Waals surface area contributed by atoms with Gasteiger partial charge in [0, 0.05) is 19.6 Å². The van der Waals surface area contributed by atoms with Gasteiger partial charge in [0.2, 0.25) is 0 Å². The van der Waals surface area contributed by atoms with Crippen molar-refractivity contribution in [3.05, 3.63) is 54.6 Å². The fourth-order valence-electron chi connectivity index (χ4n) is 2.79. The Morgan fingerprint density at radius 3 is 2.45 bits per heavy atom. The average molecular weight is 296 g/mol. The Balaban J connectivity index is 1.49. The van der Waals surface area contributed by atoms with Crippen molar-refractivity contribution < 1.29 is 4.74 Å². The molecule has 1 fully saturated rings. The summed E-state index contributed by atoms with van der Waals surface area (Å²) in [6.07, 6.45) is 1.23. The zero-order valence-corrected chi connectivity index (χ0v) is 13.0. The molecule has 22 heavy (non-hydrogen) atoms. The second-order valence-corrected chi connectivity index (χ2v) is 5.68. The van der Waals surface area contributed by atoms with Crippen molar-refractivity contribution in [2.24, 2.45) is 0 Å². The number of hydrogen-bond acceptors (Lipinski definition) is 3. The van der Waals surface area contributed by atoms with E-state index in [0.717, 1.165) is 38.5 Å². The molecule has 1 heterocycles. The minimum atomic E-state index is 0.755. The maximum Gasteiger partial charge on any atom is 0.119 e. The second-order valence-electron chi connectivity index (χ2n) is 5.68. The van der Waals surface area contributed by atoms with E-state index in [9.17, 15) is 0 Å². The first kappa shape index (κ1) is 15.1. The summed E-state index contributed by atoms with van der Waals surface area (Å²) in [7, 11) is 0. The van der Waals surface area contributed by atoms with Gasteiger partial charge in [-0.05, 0) is 42.8 Å². The number of hydrogen-bond donors (Lipinski definition) is 1. The summed E-state index contributed by atoms with van der Waals surface area (Å²) in [4.78, 5) is 2.47. The largest absolute Gasteiger partial charge is 0.492 e. The number of nitrogens with zero attached hydrogens (tertiary/aromatic N) is 1. The van der Waals surface area contributed by atoms with E-state index < -0.39 is 0 Å². The highest BCUT2D eigenvalue weighted by Gasteiger charge is 2.08. The molecular weight excluding hydrogens is 272 g/mol. The molecule has 0 bridgehead atoms. The number of nitrogens with one attached hydrogen (secondary N) is 1. The SMILES string of the molecule is c1ccc(-c2ccc(OCCN3CCCNCC3)cc2)cc1. The van der Waals surface area contributed by atoms with Gasteiger partial charge in [0.25, 0.3) is 0 Å². The van der Waals surface area contributed by atoms with Crippen molar-refractivity contribution in [3.63, 3.8) is 0 Å². The highest BCUT2D eigenvalue weighted by Crippen LogP contribution is 2.21. The molecular formula is C19H24N2O. The quantitative estimate of drug-likeness (QED) is 0.918. The van der Waals surface area contributed by atoms with Crippen molar-refractivity contribution in [3.8, 4) is 16.9 Å². The molecule has 1 aliphatic rings. The van der Waals surface area contributed by atoms with Crippen LogP contribution in [0.4, 0.5) is 0 Å². The van der Waals surface area contributed by atoms with E-state index in [1.54, 1.807) is 0 Å². The standard InChI is InChI=1S/C19H24N2O/c1-2-5-17(6-3-1)18-7-9-19(10-8-18)22-16-15-21-13-4-11-20-12-14-21/h1-3,5-10,20H,4,11-16H2. The Morgan fingerprint density at radius 2 is 1.64 bits per heavy atom. The van der Waals surface area contributed by atoms with Crippen LogP contribution in [0.2, 0.25) is 0 Å². The lowest BCUT2D eigenvalue weighted by Gasteiger charge is -2.19. The van der Waals surface area contributed by atoms with E-state index in [4.69, 9.17) is 4.74 Å². The van der Waals surface area contributed by atoms with Gasteiger partial charge in [0.05, 0.1) is 0 Å². The molecule has 2 aromatic rings. The Bertz CT molecular complexity index is 545. The number of rotatable bonds is 5. The highest BCUT2D eigenvalue weighted by molar-refractivity contribution is 5.63. The van der Waals surface area contributed by atoms with E-state index in [2.05, 4.69) is 58.7 Å². The molecule has 0 unspecified atom stereocenters. The summed E-state index contributed by atoms with van der Waals surface area (Å²) >= 11 is 0. The van der Waals surface area contributed by atoms with Crippen molar-refractivity contribution in [2.75, 3.05) is 39.3 Å². The third kappa shape index (κ3) is 4.33. The molecule has 1 aliphatic heterocycles. The third-order valence-corrected chi connectivity index (χ3v) is 4.07. The van der Waals surface area contributed by atoms with Crippen LogP contribution in [0, 0.1) is 0 Å². The van der Waals surface area contributed by atoms with Gasteiger partial charge >= 0.3 is 0 Å². The average Bonchev–Trinajstić information content (AvgIpc) is 2.85. The van der Waals surface area contributed by atoms with Crippen LogP contribution in [0.15, 0.2) is 54.6 Å². The predicted octanol–water partition coefficient (Wildman–Crippen LogP) is 3.03. The first-order valence-electron chi connectivity index (χ1n) is 8.13. The molecule has 1 N–H and O–H groups in total. The van der Waals surface area contributed by atoms with Gasteiger partial charge in [-0.15, -0.1) is 0 Å². The van der Waals surface area contributed by atoms with Crippen molar-refractivity contribution in [2.45, 2.75) is 6.42 Å². The van der Waals surface area contributed by atoms with E-state index in [1.165, 1.54) is 24.1 Å². The Morgan fingerprint density at radius 1 is 0.864 bits per heavy atom. The molecule has 0 radical (unpaired) electrons. The minimum Gasteiger partial charge on any atom is -0.492 e. The lowest BCUT2D eigenvalue weighted by atomic mass is 10.1. The smallest absolute Gasteiger partial charge is 0.119 e. The molecule has 3 nitrogen and oxygen atoms in total. The highest BCUT2D eigenvalue weighted by atomic mass is 16.5. The van der Waals surface area contributed by atoms with Crippen LogP contribution in [0.3, 0.4) is 0 Å². The monoisotopic (exact) mass is 296 g/mol. The number of benzene rings is 2. The lowest BCUT2D eigenvalue weighted by molar-refractivity contribution is 0.217. The Hall–Kier alpha value is -1.84. The van der Waals surface area contributed by atoms with Gasteiger partial charge in [0.15, 0.2) is 0 Å². The molecule has 116 valence electrons. The van der Waals surface area contributed by atoms with Crippen molar-refractivity contribution >= 4 is 0 Å². The predicted molar refractivity (Wildman–Crippen MR) is 91.3 cm³/mol. The summed E-state index contributed by atoms with van der Waals surface area (Å²) in [5.41, 5.74) is 2.47. The van der Waals surface area contributed by atoms with Crippen LogP contribution < -0.4 is 10.1 Å². The molecule has 0 spiro atoms. The molecule has 2 aromatic carbocycles. The lowest BCUT2D eigenvalue weighted by Crippen LogP contribution is -2.31. The fourth-order valence-corrected chi connectivity index (χ4v) is 2.79. The second kappa shape index (κ2) is 7.97. The van der Waals surface area contributed by atoms with Gasteiger partial charge in [0.1, 0.15) is 12.4 Å². The zero-order chi connectivity index (χ0) is 15.0. The third-order valence-electron chi connectivity index (χ3n) is 4.07. The van der Waals surface area contributed by atoms with Crippen LogP contribution >= 0.6 is 0 Å². The van der Waals surface area contributed by atoms with Crippen LogP contribution in [0.5, 0.6) is 5.75 Å². The minimum absolute atomic E-state index is 0.755. The Kier molecular flexibility index (Phi) is 5.46. The maximum absolute atomic E-state index is 5.88. The summed E-state index contributed by atoms with van der Waals surface area (Å²) in [6, 6.07) is 18.8. The maximum atomic E-state index is 5.88. The normalized spacial score (nSPS) is 16.2. The molecule has 3 heteroatoms.